The molecule has 2 aromatic rings. The lowest BCUT2D eigenvalue weighted by Gasteiger charge is -2.33. The van der Waals surface area contributed by atoms with Gasteiger partial charge in [-0.15, -0.1) is 0 Å². The van der Waals surface area contributed by atoms with E-state index in [1.807, 2.05) is 19.1 Å². The molecule has 10 nitrogen and oxygen atoms in total. The highest BCUT2D eigenvalue weighted by Gasteiger charge is 2.37. The number of anilines is 1. The molecule has 4 amide bonds. The Morgan fingerprint density at radius 3 is 2.33 bits per heavy atom. The van der Waals surface area contributed by atoms with Crippen LogP contribution in [0.25, 0.3) is 0 Å². The Morgan fingerprint density at radius 1 is 1.10 bits per heavy atom. The number of carbonyl (C=O) groups excluding carboxylic acids is 4. The maximum Gasteiger partial charge on any atom is 0.408 e. The molecule has 0 saturated carbocycles. The van der Waals surface area contributed by atoms with Crippen LogP contribution in [-0.4, -0.2) is 46.9 Å². The van der Waals surface area contributed by atoms with Crippen LogP contribution in [0.2, 0.25) is 5.02 Å². The van der Waals surface area contributed by atoms with Crippen LogP contribution >= 0.6 is 11.6 Å². The minimum Gasteiger partial charge on any atom is -0.444 e. The number of hydrogen-bond acceptors (Lipinski definition) is 6. The minimum absolute atomic E-state index is 0.166. The molecule has 0 radical (unpaired) electrons. The van der Waals surface area contributed by atoms with Gasteiger partial charge in [0.25, 0.3) is 5.91 Å². The van der Waals surface area contributed by atoms with Gasteiger partial charge in [0.05, 0.1) is 16.8 Å². The van der Waals surface area contributed by atoms with Gasteiger partial charge in [-0.05, 0) is 70.7 Å². The molecule has 11 heteroatoms. The quantitative estimate of drug-likeness (QED) is 0.359. The summed E-state index contributed by atoms with van der Waals surface area (Å²) in [6.07, 6.45) is -1.29. The van der Waals surface area contributed by atoms with Crippen molar-refractivity contribution in [3.05, 3.63) is 63.7 Å². The smallest absolute Gasteiger partial charge is 0.408 e. The van der Waals surface area contributed by atoms with Gasteiger partial charge in [0, 0.05) is 6.42 Å². The monoisotopic (exact) mass is 569 g/mol. The lowest BCUT2D eigenvalue weighted by atomic mass is 9.96. The molecular weight excluding hydrogens is 534 g/mol. The van der Waals surface area contributed by atoms with Crippen LogP contribution in [0.5, 0.6) is 0 Å². The first-order chi connectivity index (χ1) is 18.6. The van der Waals surface area contributed by atoms with Crippen LogP contribution in [0.3, 0.4) is 0 Å². The molecule has 2 unspecified atom stereocenters. The number of hydrogen-bond donors (Lipinski definition) is 3. The van der Waals surface area contributed by atoms with Gasteiger partial charge in [0.2, 0.25) is 11.8 Å². The molecule has 0 aliphatic rings. The van der Waals surface area contributed by atoms with Gasteiger partial charge in [0.1, 0.15) is 24.2 Å². The number of nitrogens with one attached hydrogen (secondary N) is 2. The van der Waals surface area contributed by atoms with Crippen molar-refractivity contribution in [3.63, 3.8) is 0 Å². The van der Waals surface area contributed by atoms with Gasteiger partial charge in [-0.1, -0.05) is 47.5 Å². The van der Waals surface area contributed by atoms with E-state index < -0.39 is 48.0 Å². The summed E-state index contributed by atoms with van der Waals surface area (Å²) in [6, 6.07) is 9.87. The van der Waals surface area contributed by atoms with E-state index in [2.05, 4.69) is 10.6 Å². The van der Waals surface area contributed by atoms with Crippen molar-refractivity contribution in [1.82, 2.24) is 10.2 Å². The number of halogens is 1. The summed E-state index contributed by atoms with van der Waals surface area (Å²) < 4.78 is 5.30. The summed E-state index contributed by atoms with van der Waals surface area (Å²) in [5, 5.41) is 15.3. The Bertz CT molecular complexity index is 1290. The molecule has 0 bridgehead atoms. The van der Waals surface area contributed by atoms with E-state index in [0.29, 0.717) is 27.4 Å². The average molecular weight is 570 g/mol. The van der Waals surface area contributed by atoms with Gasteiger partial charge in [-0.3, -0.25) is 14.4 Å². The van der Waals surface area contributed by atoms with Crippen molar-refractivity contribution in [2.45, 2.75) is 72.1 Å². The van der Waals surface area contributed by atoms with Crippen molar-refractivity contribution in [2.24, 2.45) is 5.73 Å². The van der Waals surface area contributed by atoms with Crippen molar-refractivity contribution < 1.29 is 23.9 Å². The molecule has 0 heterocycles. The molecular formula is C29H36ClN5O5. The maximum atomic E-state index is 14.0. The highest BCUT2D eigenvalue weighted by Crippen LogP contribution is 2.31. The number of rotatable bonds is 10. The number of para-hydroxylation sites is 1. The molecule has 2 atom stereocenters. The predicted molar refractivity (Wildman–Crippen MR) is 152 cm³/mol. The number of nitriles is 1. The third kappa shape index (κ3) is 8.99. The largest absolute Gasteiger partial charge is 0.444 e. The summed E-state index contributed by atoms with van der Waals surface area (Å²) in [4.78, 5) is 53.1. The third-order valence-electron chi connectivity index (χ3n) is 5.94. The zero-order valence-corrected chi connectivity index (χ0v) is 24.4. The van der Waals surface area contributed by atoms with E-state index in [-0.39, 0.29) is 12.8 Å². The summed E-state index contributed by atoms with van der Waals surface area (Å²) in [5.74, 6) is -2.06. The van der Waals surface area contributed by atoms with E-state index >= 15 is 0 Å². The molecule has 0 saturated heterocycles. The topological polar surface area (TPSA) is 155 Å². The predicted octanol–water partition coefficient (Wildman–Crippen LogP) is 4.46. The van der Waals surface area contributed by atoms with Crippen molar-refractivity contribution >= 4 is 41.1 Å². The Labute approximate surface area is 239 Å². The Kier molecular flexibility index (Phi) is 11.1. The van der Waals surface area contributed by atoms with E-state index in [0.717, 1.165) is 10.5 Å². The molecule has 0 aromatic heterocycles. The van der Waals surface area contributed by atoms with Crippen LogP contribution in [-0.2, 0) is 19.1 Å². The zero-order chi connectivity index (χ0) is 30.2. The van der Waals surface area contributed by atoms with Crippen molar-refractivity contribution in [1.29, 1.82) is 5.26 Å². The highest BCUT2D eigenvalue weighted by molar-refractivity contribution is 6.34. The molecule has 2 aromatic carbocycles. The molecule has 40 heavy (non-hydrogen) atoms. The fraction of sp³-hybridized carbons (Fsp3) is 0.414. The van der Waals surface area contributed by atoms with Gasteiger partial charge >= 0.3 is 6.09 Å². The number of nitrogens with two attached hydrogens (primary N) is 1. The van der Waals surface area contributed by atoms with Gasteiger partial charge in [-0.2, -0.15) is 5.26 Å². The number of alkyl carbamates (subject to hydrolysis) is 1. The summed E-state index contributed by atoms with van der Waals surface area (Å²) >= 11 is 6.36. The zero-order valence-electron chi connectivity index (χ0n) is 23.6. The second-order valence-corrected chi connectivity index (χ2v) is 10.9. The van der Waals surface area contributed by atoms with Crippen molar-refractivity contribution in [2.75, 3.05) is 11.9 Å². The van der Waals surface area contributed by atoms with Crippen LogP contribution in [0.1, 0.15) is 61.9 Å². The number of aryl methyl sites for hydroxylation is 3. The van der Waals surface area contributed by atoms with E-state index in [1.54, 1.807) is 65.0 Å². The second kappa shape index (κ2) is 13.8. The first kappa shape index (κ1) is 32.1. The van der Waals surface area contributed by atoms with E-state index in [9.17, 15) is 24.4 Å². The Hall–Kier alpha value is -4.10. The standard InChI is InChI=1S/C29H36ClN5O5/c1-17-10-11-20(19(3)16-17)25(26(37)34-24-18(2)8-7-9-21(24)30)35(15-14-31)27(38)22(12-13-23(32)36)33-28(39)40-29(4,5)6/h7-11,16,22,25H,12-13,15H2,1-6H3,(H2,32,36)(H,33,39)(H,34,37). The first-order valence-electron chi connectivity index (χ1n) is 12.7. The van der Waals surface area contributed by atoms with Crippen LogP contribution in [0.15, 0.2) is 36.4 Å². The van der Waals surface area contributed by atoms with Crippen LogP contribution in [0, 0.1) is 32.1 Å². The fourth-order valence-electron chi connectivity index (χ4n) is 4.13. The van der Waals surface area contributed by atoms with Gasteiger partial charge in [-0.25, -0.2) is 4.79 Å². The maximum absolute atomic E-state index is 14.0. The molecule has 2 rings (SSSR count). The summed E-state index contributed by atoms with van der Waals surface area (Å²) in [7, 11) is 0. The Balaban J connectivity index is 2.61. The third-order valence-corrected chi connectivity index (χ3v) is 6.26. The molecule has 4 N–H and O–H groups in total. The number of amides is 4. The SMILES string of the molecule is Cc1ccc(C(C(=O)Nc2c(C)cccc2Cl)N(CC#N)C(=O)C(CCC(N)=O)NC(=O)OC(C)(C)C)c(C)c1. The number of benzene rings is 2. The van der Waals surface area contributed by atoms with E-state index in [4.69, 9.17) is 22.1 Å². The average Bonchev–Trinajstić information content (AvgIpc) is 2.83. The summed E-state index contributed by atoms with van der Waals surface area (Å²) in [5.41, 5.74) is 7.64. The lowest BCUT2D eigenvalue weighted by molar-refractivity contribution is -0.140. The van der Waals surface area contributed by atoms with Gasteiger partial charge in [0.15, 0.2) is 0 Å². The van der Waals surface area contributed by atoms with Crippen LogP contribution < -0.4 is 16.4 Å². The lowest BCUT2D eigenvalue weighted by Crippen LogP contribution is -2.52. The Morgan fingerprint density at radius 2 is 1.77 bits per heavy atom. The fourth-order valence-corrected chi connectivity index (χ4v) is 4.40. The number of nitrogens with zero attached hydrogens (tertiary/aromatic N) is 2. The molecule has 0 spiro atoms. The van der Waals surface area contributed by atoms with E-state index in [1.165, 1.54) is 0 Å². The minimum atomic E-state index is -1.31. The number of carbonyl (C=O) groups is 4. The van der Waals surface area contributed by atoms with Gasteiger partial charge < -0.3 is 26.0 Å². The van der Waals surface area contributed by atoms with Crippen LogP contribution in [0.4, 0.5) is 10.5 Å². The second-order valence-electron chi connectivity index (χ2n) is 10.5. The molecule has 214 valence electrons. The molecule has 0 fully saturated rings. The number of ether oxygens (including phenoxy) is 1. The number of primary amides is 1. The molecule has 0 aliphatic heterocycles. The molecule has 0 aliphatic carbocycles. The normalized spacial score (nSPS) is 12.4. The van der Waals surface area contributed by atoms with Crippen molar-refractivity contribution in [3.8, 4) is 6.07 Å². The highest BCUT2D eigenvalue weighted by atomic mass is 35.5. The summed E-state index contributed by atoms with van der Waals surface area (Å²) in [6.45, 7) is 9.94. The first-order valence-corrected chi connectivity index (χ1v) is 13.1.